The maximum absolute atomic E-state index is 12.8. The van der Waals surface area contributed by atoms with Gasteiger partial charge in [-0.05, 0) is 37.1 Å². The molecule has 4 nitrogen and oxygen atoms in total. The maximum Gasteiger partial charge on any atom is 0.255 e. The fraction of sp³-hybridized carbons (Fsp3) is 0.211. The summed E-state index contributed by atoms with van der Waals surface area (Å²) in [6.07, 6.45) is 0. The summed E-state index contributed by atoms with van der Waals surface area (Å²) >= 11 is 0. The Morgan fingerprint density at radius 2 is 1.70 bits per heavy atom. The second-order valence-electron chi connectivity index (χ2n) is 5.49. The van der Waals surface area contributed by atoms with Crippen LogP contribution in [0, 0.1) is 25.2 Å². The number of amides is 1. The van der Waals surface area contributed by atoms with E-state index in [1.54, 1.807) is 37.4 Å². The van der Waals surface area contributed by atoms with Crippen LogP contribution in [0.4, 0.5) is 0 Å². The van der Waals surface area contributed by atoms with Crippen LogP contribution >= 0.6 is 0 Å². The van der Waals surface area contributed by atoms with Crippen LogP contribution in [-0.4, -0.2) is 30.2 Å². The Labute approximate surface area is 136 Å². The Bertz CT molecular complexity index is 803. The summed E-state index contributed by atoms with van der Waals surface area (Å²) in [6, 6.07) is 14.1. The number of benzene rings is 2. The van der Waals surface area contributed by atoms with Gasteiger partial charge in [0.05, 0.1) is 11.6 Å². The molecule has 4 heteroatoms. The smallest absolute Gasteiger partial charge is 0.255 e. The minimum Gasteiger partial charge on any atom is -0.328 e. The summed E-state index contributed by atoms with van der Waals surface area (Å²) in [5.41, 5.74) is 3.36. The fourth-order valence-electron chi connectivity index (χ4n) is 2.29. The van der Waals surface area contributed by atoms with Crippen molar-refractivity contribution in [1.29, 1.82) is 5.26 Å². The lowest BCUT2D eigenvalue weighted by Gasteiger charge is -2.15. The summed E-state index contributed by atoms with van der Waals surface area (Å²) in [5.74, 6) is -0.526. The largest absolute Gasteiger partial charge is 0.328 e. The van der Waals surface area contributed by atoms with Crippen LogP contribution in [0.1, 0.15) is 37.4 Å². The third-order valence-electron chi connectivity index (χ3n) is 3.83. The monoisotopic (exact) mass is 306 g/mol. The molecule has 0 atom stereocenters. The molecule has 0 spiro atoms. The molecule has 2 aromatic carbocycles. The number of hydrogen-bond donors (Lipinski definition) is 0. The first-order chi connectivity index (χ1) is 11.0. The van der Waals surface area contributed by atoms with Gasteiger partial charge in [0, 0.05) is 18.2 Å². The molecule has 0 aliphatic rings. The SMILES string of the molecule is Cc1ccc(C(=O)c2ccccc2C(=O)N(C)CC#N)cc1C. The van der Waals surface area contributed by atoms with Crippen LogP contribution in [0.5, 0.6) is 0 Å². The molecular formula is C19H18N2O2. The normalized spacial score (nSPS) is 10.0. The number of carbonyl (C=O) groups excluding carboxylic acids is 2. The predicted octanol–water partition coefficient (Wildman–Crippen LogP) is 3.13. The number of carbonyl (C=O) groups is 2. The zero-order valence-electron chi connectivity index (χ0n) is 13.5. The average molecular weight is 306 g/mol. The van der Waals surface area contributed by atoms with Crippen LogP contribution in [-0.2, 0) is 0 Å². The molecule has 2 rings (SSSR count). The molecule has 0 fully saturated rings. The Hall–Kier alpha value is -2.93. The number of nitriles is 1. The van der Waals surface area contributed by atoms with Gasteiger partial charge in [0.25, 0.3) is 5.91 Å². The van der Waals surface area contributed by atoms with Gasteiger partial charge >= 0.3 is 0 Å². The highest BCUT2D eigenvalue weighted by atomic mass is 16.2. The molecule has 0 radical (unpaired) electrons. The predicted molar refractivity (Wildman–Crippen MR) is 88.4 cm³/mol. The lowest BCUT2D eigenvalue weighted by atomic mass is 9.95. The molecule has 0 bridgehead atoms. The van der Waals surface area contributed by atoms with Gasteiger partial charge in [0.2, 0.25) is 0 Å². The lowest BCUT2D eigenvalue weighted by molar-refractivity contribution is 0.0807. The summed E-state index contributed by atoms with van der Waals surface area (Å²) in [6.45, 7) is 3.91. The van der Waals surface area contributed by atoms with Crippen molar-refractivity contribution in [2.45, 2.75) is 13.8 Å². The minimum atomic E-state index is -0.334. The number of aryl methyl sites for hydroxylation is 2. The molecule has 0 saturated heterocycles. The maximum atomic E-state index is 12.8. The first kappa shape index (κ1) is 16.4. The van der Waals surface area contributed by atoms with E-state index in [0.29, 0.717) is 16.7 Å². The van der Waals surface area contributed by atoms with Gasteiger partial charge < -0.3 is 4.90 Å². The van der Waals surface area contributed by atoms with E-state index in [2.05, 4.69) is 0 Å². The summed E-state index contributed by atoms with van der Waals surface area (Å²) < 4.78 is 0. The van der Waals surface area contributed by atoms with Gasteiger partial charge in [-0.15, -0.1) is 0 Å². The lowest BCUT2D eigenvalue weighted by Crippen LogP contribution is -2.28. The number of rotatable bonds is 4. The van der Waals surface area contributed by atoms with Crippen molar-refractivity contribution in [3.8, 4) is 6.07 Å². The molecule has 0 aromatic heterocycles. The third-order valence-corrected chi connectivity index (χ3v) is 3.83. The van der Waals surface area contributed by atoms with Crippen LogP contribution in [0.2, 0.25) is 0 Å². The topological polar surface area (TPSA) is 61.2 Å². The average Bonchev–Trinajstić information content (AvgIpc) is 2.56. The van der Waals surface area contributed by atoms with E-state index in [0.717, 1.165) is 11.1 Å². The van der Waals surface area contributed by atoms with E-state index >= 15 is 0 Å². The minimum absolute atomic E-state index is 0.0228. The van der Waals surface area contributed by atoms with E-state index in [9.17, 15) is 9.59 Å². The molecule has 0 aliphatic heterocycles. The molecular weight excluding hydrogens is 288 g/mol. The molecule has 0 aliphatic carbocycles. The van der Waals surface area contributed by atoms with E-state index in [-0.39, 0.29) is 18.2 Å². The summed E-state index contributed by atoms with van der Waals surface area (Å²) in [7, 11) is 1.54. The van der Waals surface area contributed by atoms with Crippen molar-refractivity contribution < 1.29 is 9.59 Å². The van der Waals surface area contributed by atoms with Crippen LogP contribution in [0.25, 0.3) is 0 Å². The molecule has 0 N–H and O–H groups in total. The summed E-state index contributed by atoms with van der Waals surface area (Å²) in [5, 5.41) is 8.73. The van der Waals surface area contributed by atoms with E-state index in [1.165, 1.54) is 4.90 Å². The van der Waals surface area contributed by atoms with Crippen LogP contribution in [0.3, 0.4) is 0 Å². The fourth-order valence-corrected chi connectivity index (χ4v) is 2.29. The molecule has 0 unspecified atom stereocenters. The third kappa shape index (κ3) is 3.46. The van der Waals surface area contributed by atoms with Crippen molar-refractivity contribution >= 4 is 11.7 Å². The molecule has 1 amide bonds. The van der Waals surface area contributed by atoms with Crippen molar-refractivity contribution in [2.75, 3.05) is 13.6 Å². The van der Waals surface area contributed by atoms with E-state index in [4.69, 9.17) is 5.26 Å². The van der Waals surface area contributed by atoms with Gasteiger partial charge in [-0.2, -0.15) is 5.26 Å². The highest BCUT2D eigenvalue weighted by Crippen LogP contribution is 2.18. The number of ketones is 1. The van der Waals surface area contributed by atoms with Crippen molar-refractivity contribution in [2.24, 2.45) is 0 Å². The van der Waals surface area contributed by atoms with Gasteiger partial charge in [0.15, 0.2) is 5.78 Å². The van der Waals surface area contributed by atoms with Gasteiger partial charge in [-0.25, -0.2) is 0 Å². The number of nitrogens with zero attached hydrogens (tertiary/aromatic N) is 2. The quantitative estimate of drug-likeness (QED) is 0.644. The first-order valence-electron chi connectivity index (χ1n) is 7.29. The highest BCUT2D eigenvalue weighted by molar-refractivity contribution is 6.15. The first-order valence-corrected chi connectivity index (χ1v) is 7.29. The van der Waals surface area contributed by atoms with E-state index < -0.39 is 0 Å². The number of hydrogen-bond acceptors (Lipinski definition) is 3. The Morgan fingerprint density at radius 1 is 1.04 bits per heavy atom. The second-order valence-corrected chi connectivity index (χ2v) is 5.49. The van der Waals surface area contributed by atoms with Crippen LogP contribution < -0.4 is 0 Å². The van der Waals surface area contributed by atoms with Crippen molar-refractivity contribution in [3.63, 3.8) is 0 Å². The summed E-state index contributed by atoms with van der Waals surface area (Å²) in [4.78, 5) is 26.5. The molecule has 0 saturated carbocycles. The Morgan fingerprint density at radius 3 is 2.30 bits per heavy atom. The van der Waals surface area contributed by atoms with Crippen LogP contribution in [0.15, 0.2) is 42.5 Å². The molecule has 23 heavy (non-hydrogen) atoms. The highest BCUT2D eigenvalue weighted by Gasteiger charge is 2.20. The zero-order valence-corrected chi connectivity index (χ0v) is 13.5. The zero-order chi connectivity index (χ0) is 17.0. The second kappa shape index (κ2) is 6.89. The standard InChI is InChI=1S/C19H18N2O2/c1-13-8-9-15(12-14(13)2)18(22)16-6-4-5-7-17(16)19(23)21(3)11-10-20/h4-9,12H,11H2,1-3H3. The van der Waals surface area contributed by atoms with Gasteiger partial charge in [-0.3, -0.25) is 9.59 Å². The van der Waals surface area contributed by atoms with E-state index in [1.807, 2.05) is 32.0 Å². The van der Waals surface area contributed by atoms with Crippen molar-refractivity contribution in [3.05, 3.63) is 70.3 Å². The molecule has 116 valence electrons. The van der Waals surface area contributed by atoms with Crippen molar-refractivity contribution in [1.82, 2.24) is 4.90 Å². The molecule has 0 heterocycles. The van der Waals surface area contributed by atoms with Gasteiger partial charge in [0.1, 0.15) is 6.54 Å². The van der Waals surface area contributed by atoms with Gasteiger partial charge in [-0.1, -0.05) is 30.3 Å². The molecule has 2 aromatic rings. The Balaban J connectivity index is 2.44. The Kier molecular flexibility index (Phi) is 4.92.